The molecule has 0 bridgehead atoms. The van der Waals surface area contributed by atoms with Crippen molar-refractivity contribution in [3.63, 3.8) is 0 Å². The predicted octanol–water partition coefficient (Wildman–Crippen LogP) is 3.66. The highest BCUT2D eigenvalue weighted by Gasteiger charge is 2.08. The first kappa shape index (κ1) is 17.5. The van der Waals surface area contributed by atoms with Gasteiger partial charge in [0.25, 0.3) is 0 Å². The number of carbonyl (C=O) groups is 1. The van der Waals surface area contributed by atoms with Crippen LogP contribution in [0.25, 0.3) is 0 Å². The van der Waals surface area contributed by atoms with Crippen LogP contribution in [0.5, 0.6) is 0 Å². The molecule has 1 amide bonds. The molecule has 2 rings (SSSR count). The maximum absolute atomic E-state index is 12.1. The van der Waals surface area contributed by atoms with Crippen LogP contribution in [0, 0.1) is 6.92 Å². The topological polar surface area (TPSA) is 45.2 Å². The Balaban J connectivity index is 1.72. The zero-order valence-corrected chi connectivity index (χ0v) is 15.1. The van der Waals surface area contributed by atoms with Crippen molar-refractivity contribution in [3.8, 4) is 0 Å². The van der Waals surface area contributed by atoms with Crippen LogP contribution in [0.4, 0.5) is 5.69 Å². The third-order valence-electron chi connectivity index (χ3n) is 3.74. The van der Waals surface area contributed by atoms with E-state index in [1.807, 2.05) is 38.2 Å². The van der Waals surface area contributed by atoms with Gasteiger partial charge in [0, 0.05) is 49.1 Å². The molecule has 0 spiro atoms. The van der Waals surface area contributed by atoms with Gasteiger partial charge in [-0.25, -0.2) is 0 Å². The summed E-state index contributed by atoms with van der Waals surface area (Å²) >= 11 is 3.48. The zero-order valence-electron chi connectivity index (χ0n) is 13.6. The molecule has 1 aromatic carbocycles. The number of anilines is 1. The molecule has 1 heterocycles. The van der Waals surface area contributed by atoms with Crippen molar-refractivity contribution < 1.29 is 4.79 Å². The van der Waals surface area contributed by atoms with Gasteiger partial charge in [0.05, 0.1) is 0 Å². The first-order valence-corrected chi connectivity index (χ1v) is 8.48. The van der Waals surface area contributed by atoms with E-state index in [0.717, 1.165) is 23.1 Å². The average Bonchev–Trinajstić information content (AvgIpc) is 2.56. The first-order chi connectivity index (χ1) is 11.1. The highest BCUT2D eigenvalue weighted by atomic mass is 79.9. The van der Waals surface area contributed by atoms with E-state index in [0.29, 0.717) is 13.0 Å². The number of halogens is 1. The van der Waals surface area contributed by atoms with Gasteiger partial charge in [-0.1, -0.05) is 15.9 Å². The number of aromatic nitrogens is 1. The molecule has 2 aromatic rings. The number of carbonyl (C=O) groups excluding carboxylic acids is 1. The molecule has 0 saturated heterocycles. The van der Waals surface area contributed by atoms with Gasteiger partial charge in [0.1, 0.15) is 0 Å². The van der Waals surface area contributed by atoms with Crippen LogP contribution in [0.1, 0.15) is 17.5 Å². The number of nitrogens with zero attached hydrogens (tertiary/aromatic N) is 2. The molecule has 5 heteroatoms. The second-order valence-corrected chi connectivity index (χ2v) is 6.42. The number of amides is 1. The van der Waals surface area contributed by atoms with Crippen molar-refractivity contribution in [1.82, 2.24) is 9.88 Å². The van der Waals surface area contributed by atoms with E-state index >= 15 is 0 Å². The molecular formula is C18H22BrN3O. The van der Waals surface area contributed by atoms with Crippen LogP contribution >= 0.6 is 15.9 Å². The number of benzene rings is 1. The Labute approximate surface area is 146 Å². The summed E-state index contributed by atoms with van der Waals surface area (Å²) in [5, 5.41) is 3.30. The van der Waals surface area contributed by atoms with Crippen LogP contribution in [0.3, 0.4) is 0 Å². The van der Waals surface area contributed by atoms with E-state index in [1.54, 1.807) is 17.3 Å². The lowest BCUT2D eigenvalue weighted by Crippen LogP contribution is -2.30. The number of rotatable bonds is 7. The van der Waals surface area contributed by atoms with Gasteiger partial charge in [-0.05, 0) is 54.8 Å². The molecule has 0 atom stereocenters. The molecule has 0 unspecified atom stereocenters. The maximum atomic E-state index is 12.1. The molecule has 1 aromatic heterocycles. The molecule has 0 radical (unpaired) electrons. The van der Waals surface area contributed by atoms with Crippen molar-refractivity contribution in [2.75, 3.05) is 25.5 Å². The Hall–Kier alpha value is -1.88. The lowest BCUT2D eigenvalue weighted by molar-refractivity contribution is -0.129. The van der Waals surface area contributed by atoms with Gasteiger partial charge in [0.15, 0.2) is 0 Å². The van der Waals surface area contributed by atoms with Gasteiger partial charge in [0.2, 0.25) is 5.91 Å². The molecule has 0 fully saturated rings. The van der Waals surface area contributed by atoms with Crippen LogP contribution in [-0.4, -0.2) is 35.9 Å². The largest absolute Gasteiger partial charge is 0.385 e. The lowest BCUT2D eigenvalue weighted by Gasteiger charge is -2.17. The summed E-state index contributed by atoms with van der Waals surface area (Å²) in [5.41, 5.74) is 3.41. The minimum absolute atomic E-state index is 0.153. The second kappa shape index (κ2) is 8.67. The van der Waals surface area contributed by atoms with E-state index in [9.17, 15) is 4.79 Å². The Bertz CT molecular complexity index is 646. The fourth-order valence-electron chi connectivity index (χ4n) is 2.23. The van der Waals surface area contributed by atoms with Crippen LogP contribution in [-0.2, 0) is 11.2 Å². The van der Waals surface area contributed by atoms with Crippen molar-refractivity contribution in [1.29, 1.82) is 0 Å². The molecule has 1 N–H and O–H groups in total. The monoisotopic (exact) mass is 375 g/mol. The minimum atomic E-state index is 0.153. The van der Waals surface area contributed by atoms with Gasteiger partial charge in [-0.3, -0.25) is 9.78 Å². The molecule has 0 saturated carbocycles. The SMILES string of the molecule is Cc1cc(NCCC(=O)N(C)CCc2ccncc2)ccc1Br. The number of hydrogen-bond donors (Lipinski definition) is 1. The van der Waals surface area contributed by atoms with E-state index in [4.69, 9.17) is 0 Å². The zero-order chi connectivity index (χ0) is 16.7. The van der Waals surface area contributed by atoms with Crippen molar-refractivity contribution in [3.05, 3.63) is 58.3 Å². The predicted molar refractivity (Wildman–Crippen MR) is 97.6 cm³/mol. The smallest absolute Gasteiger partial charge is 0.224 e. The van der Waals surface area contributed by atoms with Gasteiger partial charge < -0.3 is 10.2 Å². The van der Waals surface area contributed by atoms with Crippen molar-refractivity contribution in [2.24, 2.45) is 0 Å². The quantitative estimate of drug-likeness (QED) is 0.802. The molecule has 0 aliphatic rings. The Morgan fingerprint density at radius 2 is 2.00 bits per heavy atom. The Morgan fingerprint density at radius 3 is 2.70 bits per heavy atom. The molecular weight excluding hydrogens is 354 g/mol. The van der Waals surface area contributed by atoms with E-state index in [-0.39, 0.29) is 5.91 Å². The molecule has 0 aliphatic carbocycles. The van der Waals surface area contributed by atoms with E-state index in [2.05, 4.69) is 32.3 Å². The normalized spacial score (nSPS) is 10.4. The van der Waals surface area contributed by atoms with Crippen LogP contribution in [0.2, 0.25) is 0 Å². The van der Waals surface area contributed by atoms with Gasteiger partial charge in [-0.15, -0.1) is 0 Å². The highest BCUT2D eigenvalue weighted by Crippen LogP contribution is 2.19. The summed E-state index contributed by atoms with van der Waals surface area (Å²) < 4.78 is 1.09. The average molecular weight is 376 g/mol. The molecule has 0 aliphatic heterocycles. The Kier molecular flexibility index (Phi) is 6.59. The van der Waals surface area contributed by atoms with E-state index in [1.165, 1.54) is 11.1 Å². The van der Waals surface area contributed by atoms with Crippen LogP contribution in [0.15, 0.2) is 47.2 Å². The summed E-state index contributed by atoms with van der Waals surface area (Å²) in [6, 6.07) is 10.1. The van der Waals surface area contributed by atoms with E-state index < -0.39 is 0 Å². The highest BCUT2D eigenvalue weighted by molar-refractivity contribution is 9.10. The van der Waals surface area contributed by atoms with Gasteiger partial charge >= 0.3 is 0 Å². The number of hydrogen-bond acceptors (Lipinski definition) is 3. The van der Waals surface area contributed by atoms with Crippen molar-refractivity contribution in [2.45, 2.75) is 19.8 Å². The number of nitrogens with one attached hydrogen (secondary N) is 1. The fraction of sp³-hybridized carbons (Fsp3) is 0.333. The molecule has 23 heavy (non-hydrogen) atoms. The summed E-state index contributed by atoms with van der Waals surface area (Å²) in [6.07, 6.45) is 4.90. The maximum Gasteiger partial charge on any atom is 0.224 e. The molecule has 4 nitrogen and oxygen atoms in total. The summed E-state index contributed by atoms with van der Waals surface area (Å²) in [6.45, 7) is 3.41. The number of likely N-dealkylation sites (N-methyl/N-ethyl adjacent to an activating group) is 1. The van der Waals surface area contributed by atoms with Gasteiger partial charge in [-0.2, -0.15) is 0 Å². The van der Waals surface area contributed by atoms with Crippen LogP contribution < -0.4 is 5.32 Å². The third-order valence-corrected chi connectivity index (χ3v) is 4.63. The number of pyridine rings is 1. The van der Waals surface area contributed by atoms with Crippen molar-refractivity contribution >= 4 is 27.5 Å². The summed E-state index contributed by atoms with van der Waals surface area (Å²) in [4.78, 5) is 17.9. The summed E-state index contributed by atoms with van der Waals surface area (Å²) in [7, 11) is 1.85. The lowest BCUT2D eigenvalue weighted by atomic mass is 10.2. The number of aryl methyl sites for hydroxylation is 1. The summed E-state index contributed by atoms with van der Waals surface area (Å²) in [5.74, 6) is 0.153. The standard InChI is InChI=1S/C18H22BrN3O/c1-14-13-16(3-4-17(14)19)21-11-7-18(23)22(2)12-8-15-5-9-20-10-6-15/h3-6,9-10,13,21H,7-8,11-12H2,1-2H3. The Morgan fingerprint density at radius 1 is 1.26 bits per heavy atom. The molecule has 122 valence electrons. The fourth-order valence-corrected chi connectivity index (χ4v) is 2.48. The first-order valence-electron chi connectivity index (χ1n) is 7.69. The second-order valence-electron chi connectivity index (χ2n) is 5.56. The third kappa shape index (κ3) is 5.67. The minimum Gasteiger partial charge on any atom is -0.385 e.